The highest BCUT2D eigenvalue weighted by Crippen LogP contribution is 2.44. The minimum atomic E-state index is -1.23. The topological polar surface area (TPSA) is 178 Å². The van der Waals surface area contributed by atoms with Crippen LogP contribution in [0.2, 0.25) is 0 Å². The van der Waals surface area contributed by atoms with Crippen molar-refractivity contribution in [1.29, 1.82) is 0 Å². The number of ether oxygens (including phenoxy) is 4. The van der Waals surface area contributed by atoms with Gasteiger partial charge in [0.05, 0.1) is 27.9 Å². The number of methoxy groups -OCH3 is 3. The maximum Gasteiger partial charge on any atom is 0.203 e. The molecule has 0 aliphatic carbocycles. The van der Waals surface area contributed by atoms with Crippen molar-refractivity contribution >= 4 is 17.0 Å². The second kappa shape index (κ2) is 14.8. The Morgan fingerprint density at radius 1 is 0.833 bits per heavy atom. The average Bonchev–Trinajstić information content (AvgIpc) is 3.10. The summed E-state index contributed by atoms with van der Waals surface area (Å²) in [5, 5.41) is 50.1. The van der Waals surface area contributed by atoms with Crippen molar-refractivity contribution in [3.05, 3.63) is 106 Å². The Morgan fingerprint density at radius 2 is 1.52 bits per heavy atom. The second-order valence-electron chi connectivity index (χ2n) is 10.7. The fourth-order valence-corrected chi connectivity index (χ4v) is 5.22. The van der Waals surface area contributed by atoms with Crippen LogP contribution in [0.1, 0.15) is 22.8 Å². The number of rotatable bonds is 13. The van der Waals surface area contributed by atoms with Crippen LogP contribution in [0.15, 0.2) is 88.1 Å². The molecule has 0 fully saturated rings. The van der Waals surface area contributed by atoms with Crippen LogP contribution in [0.4, 0.5) is 0 Å². The molecule has 0 aliphatic rings. The third kappa shape index (κ3) is 7.15. The fraction of sp³-hybridized carbons (Fsp3) is 0.194. The van der Waals surface area contributed by atoms with E-state index in [1.54, 1.807) is 30.4 Å². The summed E-state index contributed by atoms with van der Waals surface area (Å²) in [5.41, 5.74) is 1.90. The van der Waals surface area contributed by atoms with Gasteiger partial charge in [-0.05, 0) is 41.0 Å². The molecule has 4 aromatic carbocycles. The van der Waals surface area contributed by atoms with E-state index in [0.717, 1.165) is 17.2 Å². The molecule has 0 amide bonds. The number of hydrogen-bond donors (Lipinski definition) is 5. The van der Waals surface area contributed by atoms with Crippen molar-refractivity contribution < 1.29 is 53.9 Å². The van der Waals surface area contributed by atoms with Crippen LogP contribution in [0, 0.1) is 0 Å². The summed E-state index contributed by atoms with van der Waals surface area (Å²) in [6.45, 7) is -0.0847. The SMILES string of the molecule is COc1cc(C(O)C(Cc2ccc(/C=C/CO)cc2)Oc2c(OC)cc(-c3cc(=O)c4c(O)cc(OO)cc4o3)cc2OC)ccc1O. The molecule has 48 heavy (non-hydrogen) atoms. The van der Waals surface area contributed by atoms with E-state index in [4.69, 9.17) is 33.7 Å². The Morgan fingerprint density at radius 3 is 2.15 bits per heavy atom. The van der Waals surface area contributed by atoms with Crippen LogP contribution in [0.25, 0.3) is 28.4 Å². The Hall–Kier alpha value is -5.69. The molecule has 0 aliphatic heterocycles. The second-order valence-corrected chi connectivity index (χ2v) is 10.7. The van der Waals surface area contributed by atoms with Crippen molar-refractivity contribution in [2.45, 2.75) is 18.6 Å². The maximum absolute atomic E-state index is 13.0. The average molecular weight is 659 g/mol. The zero-order valence-electron chi connectivity index (χ0n) is 26.2. The van der Waals surface area contributed by atoms with Gasteiger partial charge in [-0.2, -0.15) is 0 Å². The summed E-state index contributed by atoms with van der Waals surface area (Å²) in [5.74, 6) is 0.139. The van der Waals surface area contributed by atoms with Gasteiger partial charge in [-0.3, -0.25) is 4.79 Å². The first-order valence-electron chi connectivity index (χ1n) is 14.7. The number of aromatic hydroxyl groups is 2. The van der Waals surface area contributed by atoms with Crippen molar-refractivity contribution in [3.63, 3.8) is 0 Å². The highest BCUT2D eigenvalue weighted by atomic mass is 17.1. The first-order valence-corrected chi connectivity index (χ1v) is 14.7. The molecule has 0 saturated carbocycles. The van der Waals surface area contributed by atoms with Gasteiger partial charge in [0.15, 0.2) is 34.2 Å². The van der Waals surface area contributed by atoms with Crippen molar-refractivity contribution in [1.82, 2.24) is 0 Å². The van der Waals surface area contributed by atoms with E-state index < -0.39 is 23.4 Å². The quantitative estimate of drug-likeness (QED) is 0.0797. The number of fused-ring (bicyclic) bond motifs is 1. The predicted octanol–water partition coefficient (Wildman–Crippen LogP) is 5.48. The van der Waals surface area contributed by atoms with Crippen LogP contribution in [0.3, 0.4) is 0 Å². The molecule has 1 aromatic heterocycles. The van der Waals surface area contributed by atoms with E-state index >= 15 is 0 Å². The predicted molar refractivity (Wildman–Crippen MR) is 176 cm³/mol. The number of aliphatic hydroxyl groups is 2. The van der Waals surface area contributed by atoms with Gasteiger partial charge in [0.2, 0.25) is 5.75 Å². The third-order valence-corrected chi connectivity index (χ3v) is 7.63. The molecule has 12 heteroatoms. The van der Waals surface area contributed by atoms with Crippen LogP contribution < -0.4 is 29.3 Å². The Bertz CT molecular complexity index is 1960. The summed E-state index contributed by atoms with van der Waals surface area (Å²) >= 11 is 0. The van der Waals surface area contributed by atoms with Gasteiger partial charge < -0.3 is 48.7 Å². The maximum atomic E-state index is 13.0. The Balaban J connectivity index is 1.57. The lowest BCUT2D eigenvalue weighted by Gasteiger charge is -2.27. The van der Waals surface area contributed by atoms with Gasteiger partial charge in [-0.25, -0.2) is 5.26 Å². The lowest BCUT2D eigenvalue weighted by atomic mass is 9.97. The largest absolute Gasteiger partial charge is 0.507 e. The van der Waals surface area contributed by atoms with E-state index in [-0.39, 0.29) is 64.3 Å². The minimum absolute atomic E-state index is 0.0369. The summed E-state index contributed by atoms with van der Waals surface area (Å²) in [6, 6.07) is 18.6. The molecule has 5 aromatic rings. The van der Waals surface area contributed by atoms with Crippen molar-refractivity contribution in [3.8, 4) is 51.6 Å². The lowest BCUT2D eigenvalue weighted by molar-refractivity contribution is -0.137. The van der Waals surface area contributed by atoms with Crippen LogP contribution in [-0.4, -0.2) is 59.7 Å². The van der Waals surface area contributed by atoms with Gasteiger partial charge in [0, 0.05) is 30.2 Å². The number of benzene rings is 4. The van der Waals surface area contributed by atoms with Crippen LogP contribution >= 0.6 is 0 Å². The van der Waals surface area contributed by atoms with Gasteiger partial charge in [0.1, 0.15) is 34.7 Å². The highest BCUT2D eigenvalue weighted by Gasteiger charge is 2.28. The number of aliphatic hydroxyl groups excluding tert-OH is 2. The zero-order valence-corrected chi connectivity index (χ0v) is 26.2. The first kappa shape index (κ1) is 33.7. The number of phenolic OH excluding ortho intramolecular Hbond substituents is 2. The van der Waals surface area contributed by atoms with E-state index in [1.165, 1.54) is 45.6 Å². The molecule has 12 nitrogen and oxygen atoms in total. The third-order valence-electron chi connectivity index (χ3n) is 7.63. The molecular formula is C36H34O12. The molecule has 250 valence electrons. The molecular weight excluding hydrogens is 624 g/mol. The summed E-state index contributed by atoms with van der Waals surface area (Å²) in [4.78, 5) is 17.2. The van der Waals surface area contributed by atoms with Crippen LogP contribution in [0.5, 0.6) is 40.2 Å². The van der Waals surface area contributed by atoms with E-state index in [2.05, 4.69) is 4.89 Å². The van der Waals surface area contributed by atoms with Gasteiger partial charge in [-0.1, -0.05) is 42.5 Å². The number of hydrogen-bond acceptors (Lipinski definition) is 12. The zero-order chi connectivity index (χ0) is 34.4. The number of phenols is 2. The summed E-state index contributed by atoms with van der Waals surface area (Å²) in [6.07, 6.45) is 1.48. The van der Waals surface area contributed by atoms with Gasteiger partial charge in [-0.15, -0.1) is 0 Å². The molecule has 0 spiro atoms. The monoisotopic (exact) mass is 658 g/mol. The van der Waals surface area contributed by atoms with E-state index in [9.17, 15) is 20.1 Å². The molecule has 0 bridgehead atoms. The summed E-state index contributed by atoms with van der Waals surface area (Å²) in [7, 11) is 4.24. The molecule has 0 radical (unpaired) electrons. The molecule has 2 atom stereocenters. The minimum Gasteiger partial charge on any atom is -0.507 e. The standard InChI is InChI=1S/C36H34O12/c1-43-29-14-22(10-11-25(29)38)35(41)31(13-21-8-6-20(7-9-21)5-4-12-37)47-36-32(44-2)15-23(16-33(36)45-3)28-19-27(40)34-26(39)17-24(48-42)18-30(34)46-28/h4-11,14-19,31,35,37-39,41-42H,12-13H2,1-3H3/b5-4+. The first-order chi connectivity index (χ1) is 23.2. The highest BCUT2D eigenvalue weighted by molar-refractivity contribution is 5.86. The molecule has 5 rings (SSSR count). The molecule has 0 saturated heterocycles. The Labute approximate surface area is 274 Å². The van der Waals surface area contributed by atoms with Crippen molar-refractivity contribution in [2.75, 3.05) is 27.9 Å². The fourth-order valence-electron chi connectivity index (χ4n) is 5.22. The van der Waals surface area contributed by atoms with Gasteiger partial charge >= 0.3 is 0 Å². The van der Waals surface area contributed by atoms with E-state index in [0.29, 0.717) is 11.1 Å². The lowest BCUT2D eigenvalue weighted by Crippen LogP contribution is -2.28. The van der Waals surface area contributed by atoms with Crippen molar-refractivity contribution in [2.24, 2.45) is 0 Å². The van der Waals surface area contributed by atoms with Gasteiger partial charge in [0.25, 0.3) is 0 Å². The Kier molecular flexibility index (Phi) is 10.4. The molecule has 5 N–H and O–H groups in total. The smallest absolute Gasteiger partial charge is 0.203 e. The van der Waals surface area contributed by atoms with Crippen LogP contribution in [-0.2, 0) is 6.42 Å². The molecule has 1 heterocycles. The van der Waals surface area contributed by atoms with E-state index in [1.807, 2.05) is 24.3 Å². The summed E-state index contributed by atoms with van der Waals surface area (Å²) < 4.78 is 29.0. The molecule has 2 unspecified atom stereocenters. The normalized spacial score (nSPS) is 12.5.